The molecule has 0 radical (unpaired) electrons. The van der Waals surface area contributed by atoms with Gasteiger partial charge in [-0.1, -0.05) is 0 Å². The highest BCUT2D eigenvalue weighted by atomic mass is 16.5. The monoisotopic (exact) mass is 300 g/mol. The molecule has 2 heterocycles. The second-order valence-electron chi connectivity index (χ2n) is 6.44. The molecule has 1 aliphatic rings. The van der Waals surface area contributed by atoms with Crippen LogP contribution in [0.2, 0.25) is 0 Å². The highest BCUT2D eigenvalue weighted by Gasteiger charge is 2.21. The number of hydrogen-bond acceptors (Lipinski definition) is 3. The van der Waals surface area contributed by atoms with Crippen LogP contribution in [-0.4, -0.2) is 35.6 Å². The summed E-state index contributed by atoms with van der Waals surface area (Å²) in [6.45, 7) is 7.61. The average molecular weight is 300 g/mol. The fourth-order valence-corrected chi connectivity index (χ4v) is 3.11. The van der Waals surface area contributed by atoms with Crippen molar-refractivity contribution in [2.24, 2.45) is 5.92 Å². The number of piperidine rings is 1. The van der Waals surface area contributed by atoms with Gasteiger partial charge in [-0.15, -0.1) is 0 Å². The number of aromatic amines is 1. The maximum atomic E-state index is 11.7. The highest BCUT2D eigenvalue weighted by Crippen LogP contribution is 2.22. The maximum absolute atomic E-state index is 11.7. The van der Waals surface area contributed by atoms with Gasteiger partial charge >= 0.3 is 0 Å². The number of benzene rings is 1. The van der Waals surface area contributed by atoms with E-state index in [1.807, 2.05) is 24.3 Å². The van der Waals surface area contributed by atoms with Crippen LogP contribution in [0.3, 0.4) is 0 Å². The fourth-order valence-electron chi connectivity index (χ4n) is 3.11. The van der Waals surface area contributed by atoms with E-state index >= 15 is 0 Å². The SMILES string of the molecule is CC(C)N1CCC(COc2ccc3c(=O)[nH]ccc3c2)CC1. The molecule has 0 bridgehead atoms. The lowest BCUT2D eigenvalue weighted by atomic mass is 9.97. The van der Waals surface area contributed by atoms with Crippen LogP contribution in [0.15, 0.2) is 35.3 Å². The standard InChI is InChI=1S/C18H24N2O2/c1-13(2)20-9-6-14(7-10-20)12-22-16-3-4-17-15(11-16)5-8-19-18(17)21/h3-5,8,11,13-14H,6-7,9-10,12H2,1-2H3,(H,19,21). The molecule has 0 saturated carbocycles. The first-order valence-corrected chi connectivity index (χ1v) is 8.12. The van der Waals surface area contributed by atoms with Crippen molar-refractivity contribution in [1.82, 2.24) is 9.88 Å². The molecule has 1 aromatic heterocycles. The predicted octanol–water partition coefficient (Wildman–Crippen LogP) is 3.03. The van der Waals surface area contributed by atoms with Gasteiger partial charge in [-0.2, -0.15) is 0 Å². The maximum Gasteiger partial charge on any atom is 0.255 e. The van der Waals surface area contributed by atoms with E-state index in [-0.39, 0.29) is 5.56 Å². The average Bonchev–Trinajstić information content (AvgIpc) is 2.53. The molecule has 1 fully saturated rings. The van der Waals surface area contributed by atoms with Crippen molar-refractivity contribution >= 4 is 10.8 Å². The normalized spacial score (nSPS) is 17.2. The molecule has 3 rings (SSSR count). The second kappa shape index (κ2) is 6.53. The zero-order chi connectivity index (χ0) is 15.5. The quantitative estimate of drug-likeness (QED) is 0.944. The smallest absolute Gasteiger partial charge is 0.255 e. The first-order chi connectivity index (χ1) is 10.6. The van der Waals surface area contributed by atoms with Gasteiger partial charge in [0.05, 0.1) is 6.61 Å². The molecule has 0 spiro atoms. The Morgan fingerprint density at radius 1 is 1.27 bits per heavy atom. The Morgan fingerprint density at radius 3 is 2.77 bits per heavy atom. The summed E-state index contributed by atoms with van der Waals surface area (Å²) in [5.41, 5.74) is -0.0508. The van der Waals surface area contributed by atoms with Gasteiger partial charge < -0.3 is 14.6 Å². The lowest BCUT2D eigenvalue weighted by Crippen LogP contribution is -2.39. The molecule has 22 heavy (non-hydrogen) atoms. The number of ether oxygens (including phenoxy) is 1. The van der Waals surface area contributed by atoms with Crippen molar-refractivity contribution in [3.63, 3.8) is 0 Å². The Balaban J connectivity index is 1.59. The summed E-state index contributed by atoms with van der Waals surface area (Å²) in [5, 5.41) is 1.64. The Bertz CT molecular complexity index is 685. The molecular weight excluding hydrogens is 276 g/mol. The van der Waals surface area contributed by atoms with E-state index in [9.17, 15) is 4.79 Å². The molecular formula is C18H24N2O2. The number of rotatable bonds is 4. The summed E-state index contributed by atoms with van der Waals surface area (Å²) >= 11 is 0. The van der Waals surface area contributed by atoms with Gasteiger partial charge in [0.15, 0.2) is 0 Å². The minimum atomic E-state index is -0.0508. The summed E-state index contributed by atoms with van der Waals surface area (Å²) in [5.74, 6) is 1.48. The van der Waals surface area contributed by atoms with Crippen LogP contribution < -0.4 is 10.3 Å². The Hall–Kier alpha value is -1.81. The largest absolute Gasteiger partial charge is 0.493 e. The molecule has 118 valence electrons. The van der Waals surface area contributed by atoms with E-state index in [0.717, 1.165) is 17.7 Å². The summed E-state index contributed by atoms with van der Waals surface area (Å²) < 4.78 is 5.96. The minimum absolute atomic E-state index is 0.0508. The number of fused-ring (bicyclic) bond motifs is 1. The summed E-state index contributed by atoms with van der Waals surface area (Å²) in [4.78, 5) is 16.9. The molecule has 1 N–H and O–H groups in total. The Morgan fingerprint density at radius 2 is 2.05 bits per heavy atom. The van der Waals surface area contributed by atoms with E-state index in [4.69, 9.17) is 4.74 Å². The Kier molecular flexibility index (Phi) is 4.48. The van der Waals surface area contributed by atoms with Crippen molar-refractivity contribution in [3.8, 4) is 5.75 Å². The van der Waals surface area contributed by atoms with Crippen LogP contribution >= 0.6 is 0 Å². The van der Waals surface area contributed by atoms with Crippen LogP contribution in [0.5, 0.6) is 5.75 Å². The second-order valence-corrected chi connectivity index (χ2v) is 6.44. The lowest BCUT2D eigenvalue weighted by molar-refractivity contribution is 0.119. The molecule has 1 aliphatic heterocycles. The van der Waals surface area contributed by atoms with Crippen LogP contribution in [0, 0.1) is 5.92 Å². The molecule has 0 atom stereocenters. The third kappa shape index (κ3) is 3.33. The van der Waals surface area contributed by atoms with E-state index in [2.05, 4.69) is 23.7 Å². The zero-order valence-corrected chi connectivity index (χ0v) is 13.3. The molecule has 0 aliphatic carbocycles. The van der Waals surface area contributed by atoms with E-state index < -0.39 is 0 Å². The van der Waals surface area contributed by atoms with Crippen molar-refractivity contribution < 1.29 is 4.74 Å². The zero-order valence-electron chi connectivity index (χ0n) is 13.3. The summed E-state index contributed by atoms with van der Waals surface area (Å²) in [6, 6.07) is 8.23. The third-order valence-electron chi connectivity index (χ3n) is 4.61. The number of H-pyrrole nitrogens is 1. The number of pyridine rings is 1. The van der Waals surface area contributed by atoms with E-state index in [0.29, 0.717) is 17.3 Å². The predicted molar refractivity (Wildman–Crippen MR) is 89.5 cm³/mol. The summed E-state index contributed by atoms with van der Waals surface area (Å²) in [7, 11) is 0. The molecule has 0 unspecified atom stereocenters. The minimum Gasteiger partial charge on any atom is -0.493 e. The van der Waals surface area contributed by atoms with Crippen LogP contribution in [0.25, 0.3) is 10.8 Å². The van der Waals surface area contributed by atoms with Crippen LogP contribution in [-0.2, 0) is 0 Å². The van der Waals surface area contributed by atoms with Crippen molar-refractivity contribution in [2.75, 3.05) is 19.7 Å². The number of aromatic nitrogens is 1. The highest BCUT2D eigenvalue weighted by molar-refractivity contribution is 5.82. The number of likely N-dealkylation sites (tertiary alicyclic amines) is 1. The van der Waals surface area contributed by atoms with Crippen LogP contribution in [0.4, 0.5) is 0 Å². The van der Waals surface area contributed by atoms with E-state index in [1.165, 1.54) is 25.9 Å². The molecule has 1 aromatic carbocycles. The first kappa shape index (κ1) is 15.1. The van der Waals surface area contributed by atoms with Gasteiger partial charge in [0, 0.05) is 17.6 Å². The number of nitrogens with one attached hydrogen (secondary N) is 1. The van der Waals surface area contributed by atoms with Gasteiger partial charge in [0.1, 0.15) is 5.75 Å². The Labute approximate surface area is 131 Å². The van der Waals surface area contributed by atoms with Gasteiger partial charge in [0.25, 0.3) is 5.56 Å². The number of hydrogen-bond donors (Lipinski definition) is 1. The van der Waals surface area contributed by atoms with Gasteiger partial charge in [-0.05, 0) is 75.3 Å². The first-order valence-electron chi connectivity index (χ1n) is 8.12. The molecule has 1 saturated heterocycles. The van der Waals surface area contributed by atoms with Crippen molar-refractivity contribution in [3.05, 3.63) is 40.8 Å². The summed E-state index contributed by atoms with van der Waals surface area (Å²) in [6.07, 6.45) is 4.08. The topological polar surface area (TPSA) is 45.3 Å². The van der Waals surface area contributed by atoms with Crippen LogP contribution in [0.1, 0.15) is 26.7 Å². The fraction of sp³-hybridized carbons (Fsp3) is 0.500. The van der Waals surface area contributed by atoms with Crippen molar-refractivity contribution in [2.45, 2.75) is 32.7 Å². The van der Waals surface area contributed by atoms with Gasteiger partial charge in [0.2, 0.25) is 0 Å². The molecule has 2 aromatic rings. The lowest BCUT2D eigenvalue weighted by Gasteiger charge is -2.34. The molecule has 4 nitrogen and oxygen atoms in total. The molecule has 0 amide bonds. The molecule has 4 heteroatoms. The third-order valence-corrected chi connectivity index (χ3v) is 4.61. The van der Waals surface area contributed by atoms with Gasteiger partial charge in [-0.25, -0.2) is 0 Å². The number of nitrogens with zero attached hydrogens (tertiary/aromatic N) is 1. The van der Waals surface area contributed by atoms with E-state index in [1.54, 1.807) is 6.20 Å². The van der Waals surface area contributed by atoms with Gasteiger partial charge in [-0.3, -0.25) is 4.79 Å². The van der Waals surface area contributed by atoms with Crippen molar-refractivity contribution in [1.29, 1.82) is 0 Å².